The van der Waals surface area contributed by atoms with Crippen LogP contribution in [0.2, 0.25) is 0 Å². The number of halogens is 8. The summed E-state index contributed by atoms with van der Waals surface area (Å²) in [7, 11) is -12.0. The predicted octanol–water partition coefficient (Wildman–Crippen LogP) is 1.04. The minimum atomic E-state index is -6.00. The van der Waals surface area contributed by atoms with Gasteiger partial charge in [-0.1, -0.05) is 0 Å². The Morgan fingerprint density at radius 2 is 0.500 bits per heavy atom. The van der Waals surface area contributed by atoms with Gasteiger partial charge in [0.2, 0.25) is 0 Å². The summed E-state index contributed by atoms with van der Waals surface area (Å²) < 4.78 is 78.0. The third-order valence-electron chi connectivity index (χ3n) is 0. The second kappa shape index (κ2) is 8.17. The van der Waals surface area contributed by atoms with E-state index in [-0.39, 0.29) is 35.7 Å². The minimum absolute atomic E-state index is 0. The summed E-state index contributed by atoms with van der Waals surface area (Å²) in [6.45, 7) is 0. The molecule has 0 aliphatic carbocycles. The third-order valence-corrected chi connectivity index (χ3v) is 0. The van der Waals surface area contributed by atoms with Crippen LogP contribution in [0.1, 0.15) is 0 Å². The third kappa shape index (κ3) is 3110. The van der Waals surface area contributed by atoms with Crippen LogP contribution >= 0.6 is 0 Å². The molecule has 0 amide bonds. The topological polar surface area (TPSA) is 0 Å². The average molecular weight is 395 g/mol. The standard InChI is InChI=1S/2BF4.BH3.Pb/c2*2-1(3,4)5;;/h;;1H3;/q2*-1;;+2. The zero-order valence-electron chi connectivity index (χ0n) is 4.68. The Morgan fingerprint density at radius 1 is 0.500 bits per heavy atom. The van der Waals surface area contributed by atoms with Gasteiger partial charge in [0.05, 0.1) is 8.41 Å². The molecule has 2 radical (unpaired) electrons. The van der Waals surface area contributed by atoms with Crippen molar-refractivity contribution in [2.45, 2.75) is 0 Å². The summed E-state index contributed by atoms with van der Waals surface area (Å²) in [5, 5.41) is 0. The van der Waals surface area contributed by atoms with Crippen molar-refractivity contribution in [2.75, 3.05) is 0 Å². The molecule has 0 aromatic carbocycles. The summed E-state index contributed by atoms with van der Waals surface area (Å²) in [5.41, 5.74) is 0. The zero-order chi connectivity index (χ0) is 9.00. The van der Waals surface area contributed by atoms with E-state index in [0.29, 0.717) is 0 Å². The van der Waals surface area contributed by atoms with Crippen LogP contribution in [0.4, 0.5) is 34.5 Å². The number of hydrogen-bond donors (Lipinski definition) is 0. The van der Waals surface area contributed by atoms with Gasteiger partial charge in [0.25, 0.3) is 0 Å². The fourth-order valence-corrected chi connectivity index (χ4v) is 0. The summed E-state index contributed by atoms with van der Waals surface area (Å²) >= 11 is 0. The maximum atomic E-state index is 9.75. The van der Waals surface area contributed by atoms with E-state index in [0.717, 1.165) is 0 Å². The Bertz CT molecular complexity index is 57.3. The minimum Gasteiger partial charge on any atom is -0.418 e. The average Bonchev–Trinajstić information content (AvgIpc) is 1.12. The molecular formula is H3B3F8Pb. The Morgan fingerprint density at radius 3 is 0.500 bits per heavy atom. The first-order valence-corrected chi connectivity index (χ1v) is 1.75. The van der Waals surface area contributed by atoms with Crippen LogP contribution in [0.3, 0.4) is 0 Å². The molecule has 0 N–H and O–H groups in total. The second-order valence-corrected chi connectivity index (χ2v) is 0.990. The van der Waals surface area contributed by atoms with Gasteiger partial charge in [-0.05, 0) is 0 Å². The first-order valence-electron chi connectivity index (χ1n) is 1.75. The van der Waals surface area contributed by atoms with Crippen LogP contribution in [-0.4, -0.2) is 50.2 Å². The van der Waals surface area contributed by atoms with Gasteiger partial charge < -0.3 is 34.5 Å². The molecule has 0 nitrogen and oxygen atoms in total. The van der Waals surface area contributed by atoms with Crippen LogP contribution in [0.5, 0.6) is 0 Å². The molecule has 0 saturated heterocycles. The van der Waals surface area contributed by atoms with Crippen molar-refractivity contribution in [2.24, 2.45) is 0 Å². The van der Waals surface area contributed by atoms with Gasteiger partial charge in [-0.3, -0.25) is 0 Å². The van der Waals surface area contributed by atoms with Crippen LogP contribution in [-0.2, 0) is 0 Å². The monoisotopic (exact) mass is 396 g/mol. The normalized spacial score (nSPS) is 10.0. The van der Waals surface area contributed by atoms with Crippen LogP contribution in [0.25, 0.3) is 0 Å². The van der Waals surface area contributed by atoms with E-state index >= 15 is 0 Å². The molecule has 0 aromatic heterocycles. The maximum absolute atomic E-state index is 9.75. The molecule has 0 heterocycles. The van der Waals surface area contributed by atoms with Crippen molar-refractivity contribution >= 4 is 50.2 Å². The van der Waals surface area contributed by atoms with E-state index in [1.165, 1.54) is 0 Å². The zero-order valence-corrected chi connectivity index (χ0v) is 8.57. The molecule has 0 spiro atoms. The molecule has 0 saturated carbocycles. The molecule has 0 aliphatic rings. The van der Waals surface area contributed by atoms with Gasteiger partial charge in [-0.15, -0.1) is 0 Å². The van der Waals surface area contributed by atoms with E-state index < -0.39 is 14.5 Å². The van der Waals surface area contributed by atoms with Crippen molar-refractivity contribution in [1.82, 2.24) is 0 Å². The van der Waals surface area contributed by atoms with Gasteiger partial charge in [0.1, 0.15) is 0 Å². The molecule has 0 rings (SSSR count). The van der Waals surface area contributed by atoms with E-state index in [1.807, 2.05) is 0 Å². The Labute approximate surface area is 85.0 Å². The summed E-state index contributed by atoms with van der Waals surface area (Å²) in [4.78, 5) is 0. The molecular weight excluding hydrogens is 392 g/mol. The number of rotatable bonds is 0. The maximum Gasteiger partial charge on any atom is 2.00 e. The first-order chi connectivity index (χ1) is 4.00. The smallest absolute Gasteiger partial charge is 0.418 e. The fraction of sp³-hybridized carbons (Fsp3) is 0. The summed E-state index contributed by atoms with van der Waals surface area (Å²) in [5.74, 6) is 0. The van der Waals surface area contributed by atoms with E-state index in [9.17, 15) is 34.5 Å². The van der Waals surface area contributed by atoms with E-state index in [4.69, 9.17) is 0 Å². The van der Waals surface area contributed by atoms with E-state index in [1.54, 1.807) is 0 Å². The summed E-state index contributed by atoms with van der Waals surface area (Å²) in [6.07, 6.45) is 0. The largest absolute Gasteiger partial charge is 2.00 e. The fourth-order valence-electron chi connectivity index (χ4n) is 0. The molecule has 0 aromatic rings. The SMILES string of the molecule is B.F[B-](F)(F)F.F[B-](F)(F)F.[Pb+2]. The van der Waals surface area contributed by atoms with Gasteiger partial charge in [-0.25, -0.2) is 0 Å². The van der Waals surface area contributed by atoms with Crippen molar-refractivity contribution < 1.29 is 34.5 Å². The van der Waals surface area contributed by atoms with Gasteiger partial charge in [0.15, 0.2) is 0 Å². The summed E-state index contributed by atoms with van der Waals surface area (Å²) in [6, 6.07) is 0. The Hall–Kier alpha value is 0.557. The molecule has 0 unspecified atom stereocenters. The molecule has 12 heavy (non-hydrogen) atoms. The van der Waals surface area contributed by atoms with Crippen LogP contribution in [0.15, 0.2) is 0 Å². The predicted molar refractivity (Wildman–Crippen MR) is 36.1 cm³/mol. The molecule has 0 fully saturated rings. The van der Waals surface area contributed by atoms with Gasteiger partial charge in [0, 0.05) is 0 Å². The quantitative estimate of drug-likeness (QED) is 0.425. The number of hydrogen-bond acceptors (Lipinski definition) is 0. The Kier molecular flexibility index (Phi) is 15.6. The molecule has 0 atom stereocenters. The van der Waals surface area contributed by atoms with E-state index in [2.05, 4.69) is 0 Å². The second-order valence-electron chi connectivity index (χ2n) is 0.990. The molecule has 12 heteroatoms. The molecule has 0 aliphatic heterocycles. The van der Waals surface area contributed by atoms with Crippen molar-refractivity contribution in [3.63, 3.8) is 0 Å². The van der Waals surface area contributed by atoms with Crippen LogP contribution < -0.4 is 0 Å². The van der Waals surface area contributed by atoms with Crippen molar-refractivity contribution in [3.8, 4) is 0 Å². The van der Waals surface area contributed by atoms with Gasteiger partial charge >= 0.3 is 41.8 Å². The van der Waals surface area contributed by atoms with Crippen LogP contribution in [0, 0.1) is 0 Å². The Balaban J connectivity index is -0.0000000457. The van der Waals surface area contributed by atoms with Crippen molar-refractivity contribution in [3.05, 3.63) is 0 Å². The van der Waals surface area contributed by atoms with Crippen molar-refractivity contribution in [1.29, 1.82) is 0 Å². The molecule has 0 bridgehead atoms. The van der Waals surface area contributed by atoms with Gasteiger partial charge in [-0.2, -0.15) is 0 Å². The first kappa shape index (κ1) is 22.9. The molecule has 72 valence electrons.